The molecule has 2 heterocycles. The SMILES string of the molecule is COc1ccc(Cl)cc1-c1noc(Cn2cc([N+](=O)[O-])c(C)n2)n1. The third-order valence-electron chi connectivity index (χ3n) is 3.28. The molecule has 0 aliphatic heterocycles. The number of ether oxygens (including phenoxy) is 1. The van der Waals surface area contributed by atoms with Crippen molar-refractivity contribution in [2.24, 2.45) is 0 Å². The highest BCUT2D eigenvalue weighted by Crippen LogP contribution is 2.30. The van der Waals surface area contributed by atoms with E-state index in [9.17, 15) is 10.1 Å². The van der Waals surface area contributed by atoms with E-state index in [1.165, 1.54) is 18.0 Å². The molecular weight excluding hydrogens is 338 g/mol. The van der Waals surface area contributed by atoms with Crippen LogP contribution < -0.4 is 4.74 Å². The average Bonchev–Trinajstić information content (AvgIpc) is 3.14. The van der Waals surface area contributed by atoms with Gasteiger partial charge in [0.2, 0.25) is 11.7 Å². The normalized spacial score (nSPS) is 10.8. The fraction of sp³-hybridized carbons (Fsp3) is 0.214. The van der Waals surface area contributed by atoms with Crippen molar-refractivity contribution in [3.8, 4) is 17.1 Å². The largest absolute Gasteiger partial charge is 0.496 e. The molecule has 2 aromatic heterocycles. The summed E-state index contributed by atoms with van der Waals surface area (Å²) in [6.07, 6.45) is 1.32. The second-order valence-electron chi connectivity index (χ2n) is 4.91. The molecule has 0 atom stereocenters. The average molecular weight is 350 g/mol. The van der Waals surface area contributed by atoms with Gasteiger partial charge in [0.25, 0.3) is 0 Å². The Morgan fingerprint density at radius 1 is 1.46 bits per heavy atom. The van der Waals surface area contributed by atoms with Crippen molar-refractivity contribution in [3.05, 3.63) is 51.1 Å². The third-order valence-corrected chi connectivity index (χ3v) is 3.52. The van der Waals surface area contributed by atoms with E-state index in [-0.39, 0.29) is 18.1 Å². The van der Waals surface area contributed by atoms with Gasteiger partial charge in [0.1, 0.15) is 24.2 Å². The summed E-state index contributed by atoms with van der Waals surface area (Å²) in [6.45, 7) is 1.68. The lowest BCUT2D eigenvalue weighted by molar-refractivity contribution is -0.385. The predicted octanol–water partition coefficient (Wildman–Crippen LogP) is 2.86. The van der Waals surface area contributed by atoms with Gasteiger partial charge in [0.05, 0.1) is 17.6 Å². The Balaban J connectivity index is 1.88. The van der Waals surface area contributed by atoms with Crippen molar-refractivity contribution in [2.45, 2.75) is 13.5 Å². The molecule has 0 bridgehead atoms. The summed E-state index contributed by atoms with van der Waals surface area (Å²) in [7, 11) is 1.53. The Morgan fingerprint density at radius 3 is 2.92 bits per heavy atom. The van der Waals surface area contributed by atoms with Gasteiger partial charge in [-0.15, -0.1) is 0 Å². The van der Waals surface area contributed by atoms with E-state index in [4.69, 9.17) is 20.9 Å². The van der Waals surface area contributed by atoms with Crippen LogP contribution in [0.25, 0.3) is 11.4 Å². The van der Waals surface area contributed by atoms with E-state index in [0.29, 0.717) is 27.9 Å². The first kappa shape index (κ1) is 15.9. The summed E-state index contributed by atoms with van der Waals surface area (Å²) in [5.74, 6) is 1.12. The minimum atomic E-state index is -0.491. The lowest BCUT2D eigenvalue weighted by Gasteiger charge is -2.04. The number of nitrogens with zero attached hydrogens (tertiary/aromatic N) is 5. The standard InChI is InChI=1S/C14H12ClN5O4/c1-8-11(20(21)22)6-19(17-8)7-13-16-14(18-24-13)10-5-9(15)3-4-12(10)23-2/h3-6H,7H2,1-2H3. The van der Waals surface area contributed by atoms with Crippen molar-refractivity contribution in [1.29, 1.82) is 0 Å². The molecule has 0 unspecified atom stereocenters. The van der Waals surface area contributed by atoms with Crippen molar-refractivity contribution in [2.75, 3.05) is 7.11 Å². The molecule has 3 rings (SSSR count). The first-order valence-corrected chi connectivity index (χ1v) is 7.20. The molecule has 0 spiro atoms. The first-order valence-electron chi connectivity index (χ1n) is 6.83. The van der Waals surface area contributed by atoms with E-state index in [1.54, 1.807) is 25.1 Å². The zero-order valence-electron chi connectivity index (χ0n) is 12.8. The van der Waals surface area contributed by atoms with Gasteiger partial charge in [-0.05, 0) is 25.1 Å². The lowest BCUT2D eigenvalue weighted by atomic mass is 10.2. The maximum absolute atomic E-state index is 10.9. The van der Waals surface area contributed by atoms with Gasteiger partial charge in [-0.2, -0.15) is 10.1 Å². The van der Waals surface area contributed by atoms with Crippen LogP contribution in [0, 0.1) is 17.0 Å². The second kappa shape index (κ2) is 6.28. The molecule has 10 heteroatoms. The van der Waals surface area contributed by atoms with Gasteiger partial charge in [0, 0.05) is 5.02 Å². The maximum atomic E-state index is 10.9. The highest BCUT2D eigenvalue weighted by Gasteiger charge is 2.18. The van der Waals surface area contributed by atoms with E-state index in [1.807, 2.05) is 0 Å². The minimum Gasteiger partial charge on any atom is -0.496 e. The molecule has 0 fully saturated rings. The van der Waals surface area contributed by atoms with Crippen LogP contribution >= 0.6 is 11.6 Å². The van der Waals surface area contributed by atoms with Crippen LogP contribution in [0.3, 0.4) is 0 Å². The fourth-order valence-corrected chi connectivity index (χ4v) is 2.36. The molecule has 0 amide bonds. The summed E-state index contributed by atoms with van der Waals surface area (Å²) in [4.78, 5) is 14.6. The highest BCUT2D eigenvalue weighted by atomic mass is 35.5. The van der Waals surface area contributed by atoms with Crippen LogP contribution in [0.5, 0.6) is 5.75 Å². The number of hydrogen-bond acceptors (Lipinski definition) is 7. The second-order valence-corrected chi connectivity index (χ2v) is 5.35. The van der Waals surface area contributed by atoms with E-state index < -0.39 is 4.92 Å². The zero-order chi connectivity index (χ0) is 17.3. The maximum Gasteiger partial charge on any atom is 0.309 e. The molecule has 124 valence electrons. The summed E-state index contributed by atoms with van der Waals surface area (Å²) in [6, 6.07) is 5.06. The Labute approximate surface area is 141 Å². The van der Waals surface area contributed by atoms with Crippen LogP contribution in [0.2, 0.25) is 5.02 Å². The molecule has 0 saturated heterocycles. The van der Waals surface area contributed by atoms with Crippen LogP contribution in [0.1, 0.15) is 11.6 Å². The smallest absolute Gasteiger partial charge is 0.309 e. The van der Waals surface area contributed by atoms with Crippen LogP contribution in [-0.4, -0.2) is 32.0 Å². The molecule has 0 radical (unpaired) electrons. The van der Waals surface area contributed by atoms with Gasteiger partial charge in [0.15, 0.2) is 0 Å². The predicted molar refractivity (Wildman–Crippen MR) is 84.0 cm³/mol. The molecule has 0 N–H and O–H groups in total. The van der Waals surface area contributed by atoms with Gasteiger partial charge in [-0.3, -0.25) is 14.8 Å². The third kappa shape index (κ3) is 3.06. The van der Waals surface area contributed by atoms with Gasteiger partial charge < -0.3 is 9.26 Å². The fourth-order valence-electron chi connectivity index (χ4n) is 2.19. The first-order chi connectivity index (χ1) is 11.5. The number of methoxy groups -OCH3 is 1. The van der Waals surface area contributed by atoms with Crippen molar-refractivity contribution in [1.82, 2.24) is 19.9 Å². The van der Waals surface area contributed by atoms with Crippen LogP contribution in [0.15, 0.2) is 28.9 Å². The Morgan fingerprint density at radius 2 is 2.25 bits per heavy atom. The number of aromatic nitrogens is 4. The molecule has 1 aromatic carbocycles. The molecule has 3 aromatic rings. The molecule has 0 aliphatic rings. The van der Waals surface area contributed by atoms with Gasteiger partial charge in [-0.25, -0.2) is 0 Å². The zero-order valence-corrected chi connectivity index (χ0v) is 13.5. The van der Waals surface area contributed by atoms with Crippen molar-refractivity contribution in [3.63, 3.8) is 0 Å². The number of nitro groups is 1. The molecule has 9 nitrogen and oxygen atoms in total. The van der Waals surface area contributed by atoms with Crippen LogP contribution in [-0.2, 0) is 6.54 Å². The quantitative estimate of drug-likeness (QED) is 0.514. The monoisotopic (exact) mass is 349 g/mol. The molecule has 0 aliphatic carbocycles. The highest BCUT2D eigenvalue weighted by molar-refractivity contribution is 6.30. The summed E-state index contributed by atoms with van der Waals surface area (Å²) in [5, 5.41) is 19.3. The Kier molecular flexibility index (Phi) is 4.17. The van der Waals surface area contributed by atoms with Crippen LogP contribution in [0.4, 0.5) is 5.69 Å². The van der Waals surface area contributed by atoms with E-state index in [0.717, 1.165) is 0 Å². The van der Waals surface area contributed by atoms with Crippen molar-refractivity contribution >= 4 is 17.3 Å². The molecule has 24 heavy (non-hydrogen) atoms. The number of rotatable bonds is 5. The topological polar surface area (TPSA) is 109 Å². The lowest BCUT2D eigenvalue weighted by Crippen LogP contribution is -2.00. The van der Waals surface area contributed by atoms with E-state index in [2.05, 4.69) is 15.2 Å². The Hall–Kier alpha value is -2.94. The number of hydrogen-bond donors (Lipinski definition) is 0. The molecular formula is C14H12ClN5O4. The van der Waals surface area contributed by atoms with Gasteiger partial charge in [-0.1, -0.05) is 16.8 Å². The number of benzene rings is 1. The van der Waals surface area contributed by atoms with E-state index >= 15 is 0 Å². The molecule has 0 saturated carbocycles. The van der Waals surface area contributed by atoms with Gasteiger partial charge >= 0.3 is 5.69 Å². The minimum absolute atomic E-state index is 0.0637. The summed E-state index contributed by atoms with van der Waals surface area (Å²) < 4.78 is 11.8. The summed E-state index contributed by atoms with van der Waals surface area (Å²) in [5.41, 5.74) is 0.838. The van der Waals surface area contributed by atoms with Crippen molar-refractivity contribution < 1.29 is 14.2 Å². The number of halogens is 1. The summed E-state index contributed by atoms with van der Waals surface area (Å²) >= 11 is 5.99. The Bertz CT molecular complexity index is 904. The number of aryl methyl sites for hydroxylation is 1.